The first kappa shape index (κ1) is 15.4. The standard InChI is InChI=1S/C16H19N3O4/c1-21-15(20)11-23-14-10-12(19-7-4-17-5-8-19)2-3-13(14)16-18-6-9-22-16/h2-3,6,9-10,17H,4-5,7-8,11H2,1H3. The molecule has 7 nitrogen and oxygen atoms in total. The number of benzene rings is 1. The highest BCUT2D eigenvalue weighted by molar-refractivity contribution is 5.73. The van der Waals surface area contributed by atoms with Crippen LogP contribution in [0.5, 0.6) is 5.75 Å². The summed E-state index contributed by atoms with van der Waals surface area (Å²) in [7, 11) is 1.33. The van der Waals surface area contributed by atoms with Gasteiger partial charge in [-0.3, -0.25) is 0 Å². The maximum absolute atomic E-state index is 11.4. The summed E-state index contributed by atoms with van der Waals surface area (Å²) >= 11 is 0. The third-order valence-corrected chi connectivity index (χ3v) is 3.68. The van der Waals surface area contributed by atoms with Gasteiger partial charge in [-0.05, 0) is 12.1 Å². The number of nitrogens with zero attached hydrogens (tertiary/aromatic N) is 2. The minimum atomic E-state index is -0.434. The highest BCUT2D eigenvalue weighted by Gasteiger charge is 2.17. The Morgan fingerprint density at radius 1 is 1.39 bits per heavy atom. The lowest BCUT2D eigenvalue weighted by atomic mass is 10.1. The zero-order valence-corrected chi connectivity index (χ0v) is 12.9. The Balaban J connectivity index is 1.88. The van der Waals surface area contributed by atoms with E-state index in [9.17, 15) is 4.79 Å². The Morgan fingerprint density at radius 2 is 2.22 bits per heavy atom. The first-order valence-electron chi connectivity index (χ1n) is 7.47. The van der Waals surface area contributed by atoms with E-state index >= 15 is 0 Å². The van der Waals surface area contributed by atoms with Crippen LogP contribution in [0.25, 0.3) is 11.5 Å². The van der Waals surface area contributed by atoms with Crippen LogP contribution in [0.2, 0.25) is 0 Å². The van der Waals surface area contributed by atoms with Gasteiger partial charge in [-0.25, -0.2) is 9.78 Å². The van der Waals surface area contributed by atoms with Crippen molar-refractivity contribution in [1.82, 2.24) is 10.3 Å². The molecule has 1 N–H and O–H groups in total. The number of esters is 1. The predicted molar refractivity (Wildman–Crippen MR) is 84.5 cm³/mol. The van der Waals surface area contributed by atoms with Crippen LogP contribution in [0.4, 0.5) is 5.69 Å². The smallest absolute Gasteiger partial charge is 0.343 e. The van der Waals surface area contributed by atoms with Gasteiger partial charge in [0, 0.05) is 37.9 Å². The number of carbonyl (C=O) groups excluding carboxylic acids is 1. The highest BCUT2D eigenvalue weighted by Crippen LogP contribution is 2.33. The van der Waals surface area contributed by atoms with Crippen molar-refractivity contribution < 1.29 is 18.7 Å². The van der Waals surface area contributed by atoms with Crippen LogP contribution < -0.4 is 15.0 Å². The number of carbonyl (C=O) groups is 1. The van der Waals surface area contributed by atoms with Crippen LogP contribution in [-0.2, 0) is 9.53 Å². The second kappa shape index (κ2) is 7.15. The summed E-state index contributed by atoms with van der Waals surface area (Å²) in [5, 5.41) is 3.32. The van der Waals surface area contributed by atoms with Crippen LogP contribution in [0.1, 0.15) is 0 Å². The number of hydrogen-bond donors (Lipinski definition) is 1. The second-order valence-electron chi connectivity index (χ2n) is 5.12. The average Bonchev–Trinajstić information content (AvgIpc) is 3.14. The van der Waals surface area contributed by atoms with Gasteiger partial charge >= 0.3 is 5.97 Å². The molecule has 23 heavy (non-hydrogen) atoms. The van der Waals surface area contributed by atoms with Crippen molar-refractivity contribution >= 4 is 11.7 Å². The molecular weight excluding hydrogens is 298 g/mol. The van der Waals surface area contributed by atoms with Gasteiger partial charge in [-0.2, -0.15) is 0 Å². The minimum Gasteiger partial charge on any atom is -0.481 e. The fraction of sp³-hybridized carbons (Fsp3) is 0.375. The Labute approximate surface area is 134 Å². The van der Waals surface area contributed by atoms with Gasteiger partial charge in [0.1, 0.15) is 12.0 Å². The van der Waals surface area contributed by atoms with Gasteiger partial charge in [0.25, 0.3) is 0 Å². The van der Waals surface area contributed by atoms with E-state index < -0.39 is 5.97 Å². The SMILES string of the molecule is COC(=O)COc1cc(N2CCNCC2)ccc1-c1ncco1. The van der Waals surface area contributed by atoms with Crippen molar-refractivity contribution in [1.29, 1.82) is 0 Å². The summed E-state index contributed by atoms with van der Waals surface area (Å²) in [6.45, 7) is 3.58. The van der Waals surface area contributed by atoms with E-state index in [1.807, 2.05) is 18.2 Å². The largest absolute Gasteiger partial charge is 0.481 e. The summed E-state index contributed by atoms with van der Waals surface area (Å²) in [6, 6.07) is 5.82. The summed E-state index contributed by atoms with van der Waals surface area (Å²) in [6.07, 6.45) is 3.08. The molecule has 0 atom stereocenters. The lowest BCUT2D eigenvalue weighted by molar-refractivity contribution is -0.142. The Hall–Kier alpha value is -2.54. The Kier molecular flexibility index (Phi) is 4.77. The molecule has 0 saturated carbocycles. The molecule has 2 aromatic rings. The lowest BCUT2D eigenvalue weighted by Gasteiger charge is -2.29. The first-order chi connectivity index (χ1) is 11.3. The number of oxazole rings is 1. The lowest BCUT2D eigenvalue weighted by Crippen LogP contribution is -2.43. The number of hydrogen-bond acceptors (Lipinski definition) is 7. The van der Waals surface area contributed by atoms with Crippen LogP contribution in [0.3, 0.4) is 0 Å². The zero-order valence-electron chi connectivity index (χ0n) is 12.9. The van der Waals surface area contributed by atoms with Crippen molar-refractivity contribution in [2.24, 2.45) is 0 Å². The Bertz CT molecular complexity index is 651. The van der Waals surface area contributed by atoms with Crippen molar-refractivity contribution in [2.45, 2.75) is 0 Å². The summed E-state index contributed by atoms with van der Waals surface area (Å²) in [4.78, 5) is 17.8. The van der Waals surface area contributed by atoms with E-state index in [1.54, 1.807) is 6.20 Å². The molecule has 0 aliphatic carbocycles. The number of methoxy groups -OCH3 is 1. The molecule has 122 valence electrons. The predicted octanol–water partition coefficient (Wildman–Crippen LogP) is 1.30. The molecule has 1 fully saturated rings. The fourth-order valence-corrected chi connectivity index (χ4v) is 2.48. The molecule has 1 aromatic carbocycles. The summed E-state index contributed by atoms with van der Waals surface area (Å²) < 4.78 is 15.6. The fourth-order valence-electron chi connectivity index (χ4n) is 2.48. The first-order valence-corrected chi connectivity index (χ1v) is 7.47. The maximum atomic E-state index is 11.4. The number of rotatable bonds is 5. The monoisotopic (exact) mass is 317 g/mol. The van der Waals surface area contributed by atoms with Crippen molar-refractivity contribution in [3.8, 4) is 17.2 Å². The number of ether oxygens (including phenoxy) is 2. The Morgan fingerprint density at radius 3 is 2.91 bits per heavy atom. The average molecular weight is 317 g/mol. The van der Waals surface area contributed by atoms with E-state index in [4.69, 9.17) is 9.15 Å². The van der Waals surface area contributed by atoms with E-state index in [-0.39, 0.29) is 6.61 Å². The molecule has 2 heterocycles. The van der Waals surface area contributed by atoms with Gasteiger partial charge in [0.15, 0.2) is 6.61 Å². The maximum Gasteiger partial charge on any atom is 0.343 e. The molecule has 7 heteroatoms. The summed E-state index contributed by atoms with van der Waals surface area (Å²) in [5.41, 5.74) is 1.75. The molecule has 0 spiro atoms. The minimum absolute atomic E-state index is 0.158. The van der Waals surface area contributed by atoms with Crippen LogP contribution in [0.15, 0.2) is 35.1 Å². The van der Waals surface area contributed by atoms with Crippen molar-refractivity contribution in [3.05, 3.63) is 30.7 Å². The van der Waals surface area contributed by atoms with Crippen LogP contribution >= 0.6 is 0 Å². The number of anilines is 1. The zero-order chi connectivity index (χ0) is 16.1. The van der Waals surface area contributed by atoms with Gasteiger partial charge in [0.05, 0.1) is 18.9 Å². The molecule has 1 aliphatic rings. The number of piperazine rings is 1. The molecule has 3 rings (SSSR count). The van der Waals surface area contributed by atoms with Crippen molar-refractivity contribution in [2.75, 3.05) is 44.8 Å². The molecule has 1 aliphatic heterocycles. The molecule has 0 bridgehead atoms. The van der Waals surface area contributed by atoms with E-state index in [1.165, 1.54) is 13.4 Å². The van der Waals surface area contributed by atoms with E-state index in [0.29, 0.717) is 17.2 Å². The van der Waals surface area contributed by atoms with Crippen LogP contribution in [-0.4, -0.2) is 50.8 Å². The number of nitrogens with one attached hydrogen (secondary N) is 1. The molecule has 0 unspecified atom stereocenters. The van der Waals surface area contributed by atoms with Gasteiger partial charge in [0.2, 0.25) is 5.89 Å². The van der Waals surface area contributed by atoms with E-state index in [0.717, 1.165) is 31.9 Å². The summed E-state index contributed by atoms with van der Waals surface area (Å²) in [5.74, 6) is 0.571. The van der Waals surface area contributed by atoms with Gasteiger partial charge < -0.3 is 24.1 Å². The van der Waals surface area contributed by atoms with Crippen LogP contribution in [0, 0.1) is 0 Å². The molecule has 0 amide bonds. The van der Waals surface area contributed by atoms with Crippen molar-refractivity contribution in [3.63, 3.8) is 0 Å². The normalized spacial score (nSPS) is 14.6. The topological polar surface area (TPSA) is 76.8 Å². The second-order valence-corrected chi connectivity index (χ2v) is 5.12. The third-order valence-electron chi connectivity index (χ3n) is 3.68. The number of aromatic nitrogens is 1. The van der Waals surface area contributed by atoms with Gasteiger partial charge in [-0.15, -0.1) is 0 Å². The quantitative estimate of drug-likeness (QED) is 0.833. The van der Waals surface area contributed by atoms with E-state index in [2.05, 4.69) is 19.9 Å². The van der Waals surface area contributed by atoms with Gasteiger partial charge in [-0.1, -0.05) is 0 Å². The molecule has 1 saturated heterocycles. The molecular formula is C16H19N3O4. The molecule has 0 radical (unpaired) electrons. The molecule has 1 aromatic heterocycles. The highest BCUT2D eigenvalue weighted by atomic mass is 16.6. The third kappa shape index (κ3) is 3.62.